The Hall–Kier alpha value is -2.33. The molecule has 0 aliphatic heterocycles. The van der Waals surface area contributed by atoms with Crippen molar-refractivity contribution in [1.29, 1.82) is 0 Å². The molecule has 0 bridgehead atoms. The van der Waals surface area contributed by atoms with Crippen LogP contribution >= 0.6 is 11.6 Å². The first-order valence-corrected chi connectivity index (χ1v) is 8.56. The molecule has 0 fully saturated rings. The minimum atomic E-state index is 0.239. The van der Waals surface area contributed by atoms with Crippen LogP contribution in [0.1, 0.15) is 30.0 Å². The van der Waals surface area contributed by atoms with Crippen LogP contribution in [0.3, 0.4) is 0 Å². The van der Waals surface area contributed by atoms with Crippen molar-refractivity contribution in [2.75, 3.05) is 12.8 Å². The number of benzene rings is 1. The summed E-state index contributed by atoms with van der Waals surface area (Å²) in [7, 11) is 1.61. The fourth-order valence-corrected chi connectivity index (χ4v) is 2.57. The van der Waals surface area contributed by atoms with Gasteiger partial charge < -0.3 is 10.5 Å². The number of rotatable bonds is 7. The number of hydrogen-bond acceptors (Lipinski definition) is 4. The Labute approximate surface area is 154 Å². The summed E-state index contributed by atoms with van der Waals surface area (Å²) in [6, 6.07) is 7.63. The molecule has 25 heavy (non-hydrogen) atoms. The van der Waals surface area contributed by atoms with E-state index >= 15 is 0 Å². The van der Waals surface area contributed by atoms with Crippen molar-refractivity contribution in [2.24, 2.45) is 10.9 Å². The Morgan fingerprint density at radius 1 is 1.40 bits per heavy atom. The van der Waals surface area contributed by atoms with E-state index in [-0.39, 0.29) is 5.92 Å². The van der Waals surface area contributed by atoms with Crippen molar-refractivity contribution in [3.8, 4) is 5.88 Å². The van der Waals surface area contributed by atoms with Crippen LogP contribution < -0.4 is 10.5 Å². The van der Waals surface area contributed by atoms with Gasteiger partial charge in [-0.3, -0.25) is 4.99 Å². The maximum absolute atomic E-state index is 6.31. The number of pyridine rings is 1. The van der Waals surface area contributed by atoms with E-state index in [1.165, 1.54) is 0 Å². The van der Waals surface area contributed by atoms with Gasteiger partial charge in [0.15, 0.2) is 0 Å². The molecule has 0 radical (unpaired) electrons. The maximum atomic E-state index is 6.31. The van der Waals surface area contributed by atoms with Crippen LogP contribution in [0.5, 0.6) is 5.88 Å². The van der Waals surface area contributed by atoms with Crippen LogP contribution in [-0.2, 0) is 6.42 Å². The molecule has 0 saturated heterocycles. The molecule has 132 valence electrons. The van der Waals surface area contributed by atoms with Gasteiger partial charge in [-0.2, -0.15) is 0 Å². The highest BCUT2D eigenvalue weighted by Gasteiger charge is 2.09. The van der Waals surface area contributed by atoms with Gasteiger partial charge in [-0.1, -0.05) is 37.2 Å². The summed E-state index contributed by atoms with van der Waals surface area (Å²) in [4.78, 5) is 8.70. The van der Waals surface area contributed by atoms with Crippen LogP contribution in [0.2, 0.25) is 5.02 Å². The van der Waals surface area contributed by atoms with E-state index in [1.807, 2.05) is 37.4 Å². The van der Waals surface area contributed by atoms with E-state index in [9.17, 15) is 0 Å². The first-order valence-electron chi connectivity index (χ1n) is 8.18. The third-order valence-corrected chi connectivity index (χ3v) is 4.71. The Morgan fingerprint density at radius 3 is 2.80 bits per heavy atom. The van der Waals surface area contributed by atoms with E-state index in [0.717, 1.165) is 35.2 Å². The van der Waals surface area contributed by atoms with Gasteiger partial charge in [0, 0.05) is 35.4 Å². The lowest BCUT2D eigenvalue weighted by atomic mass is 10.00. The molecule has 0 aliphatic carbocycles. The highest BCUT2D eigenvalue weighted by Crippen LogP contribution is 2.25. The van der Waals surface area contributed by atoms with Crippen molar-refractivity contribution in [2.45, 2.75) is 26.7 Å². The summed E-state index contributed by atoms with van der Waals surface area (Å²) in [6.45, 7) is 8.13. The number of nitrogen functional groups attached to an aromatic ring is 1. The van der Waals surface area contributed by atoms with Crippen LogP contribution in [0.25, 0.3) is 0 Å². The molecule has 5 heteroatoms. The number of methoxy groups -OCH3 is 1. The molecule has 0 amide bonds. The second-order valence-electron chi connectivity index (χ2n) is 6.10. The molecule has 1 aromatic heterocycles. The number of nitrogens with two attached hydrogens (primary N) is 1. The molecule has 2 rings (SSSR count). The van der Waals surface area contributed by atoms with E-state index in [1.54, 1.807) is 13.3 Å². The quantitative estimate of drug-likeness (QED) is 0.570. The van der Waals surface area contributed by atoms with Gasteiger partial charge in [0.05, 0.1) is 12.1 Å². The van der Waals surface area contributed by atoms with Crippen molar-refractivity contribution in [3.05, 3.63) is 64.5 Å². The molecular formula is C20H24ClN3O. The summed E-state index contributed by atoms with van der Waals surface area (Å²) in [5, 5.41) is 0.633. The lowest BCUT2D eigenvalue weighted by molar-refractivity contribution is 0.397. The fraction of sp³-hybridized carbons (Fsp3) is 0.300. The minimum Gasteiger partial charge on any atom is -0.481 e. The molecule has 0 spiro atoms. The van der Waals surface area contributed by atoms with Crippen LogP contribution in [0.15, 0.2) is 47.7 Å². The summed E-state index contributed by atoms with van der Waals surface area (Å²) >= 11 is 6.31. The number of nitrogens with zero attached hydrogens (tertiary/aromatic N) is 2. The lowest BCUT2D eigenvalue weighted by Crippen LogP contribution is -2.01. The fourth-order valence-electron chi connectivity index (χ4n) is 2.35. The number of anilines is 1. The number of aromatic nitrogens is 1. The SMILES string of the molecule is C=C(N=Cc1c(N)ccc(C)c1Cl)C(C)CCc1ccc(OC)nc1. The van der Waals surface area contributed by atoms with Crippen molar-refractivity contribution in [1.82, 2.24) is 4.98 Å². The molecule has 1 heterocycles. The van der Waals surface area contributed by atoms with Gasteiger partial charge in [0.2, 0.25) is 5.88 Å². The first-order chi connectivity index (χ1) is 11.9. The van der Waals surface area contributed by atoms with Crippen LogP contribution in [-0.4, -0.2) is 18.3 Å². The Bertz CT molecular complexity index is 769. The van der Waals surface area contributed by atoms with E-state index < -0.39 is 0 Å². The number of allylic oxidation sites excluding steroid dienone is 1. The van der Waals surface area contributed by atoms with Gasteiger partial charge in [-0.25, -0.2) is 4.98 Å². The average molecular weight is 358 g/mol. The third kappa shape index (κ3) is 5.07. The Morgan fingerprint density at radius 2 is 2.16 bits per heavy atom. The third-order valence-electron chi connectivity index (χ3n) is 4.21. The first kappa shape index (κ1) is 19.0. The monoisotopic (exact) mass is 357 g/mol. The molecule has 0 saturated carbocycles. The molecule has 2 N–H and O–H groups in total. The van der Waals surface area contributed by atoms with Crippen molar-refractivity contribution >= 4 is 23.5 Å². The number of aryl methyl sites for hydroxylation is 2. The van der Waals surface area contributed by atoms with E-state index in [0.29, 0.717) is 16.6 Å². The molecule has 0 aliphatic rings. The van der Waals surface area contributed by atoms with Gasteiger partial charge in [0.25, 0.3) is 0 Å². The van der Waals surface area contributed by atoms with E-state index in [4.69, 9.17) is 22.1 Å². The van der Waals surface area contributed by atoms with E-state index in [2.05, 4.69) is 23.5 Å². The zero-order valence-electron chi connectivity index (χ0n) is 14.9. The minimum absolute atomic E-state index is 0.239. The predicted octanol–water partition coefficient (Wildman–Crippen LogP) is 4.84. The highest BCUT2D eigenvalue weighted by atomic mass is 35.5. The molecule has 1 unspecified atom stereocenters. The van der Waals surface area contributed by atoms with Crippen LogP contribution in [0, 0.1) is 12.8 Å². The zero-order chi connectivity index (χ0) is 18.4. The van der Waals surface area contributed by atoms with Gasteiger partial charge >= 0.3 is 0 Å². The van der Waals surface area contributed by atoms with Crippen molar-refractivity contribution in [3.63, 3.8) is 0 Å². The summed E-state index contributed by atoms with van der Waals surface area (Å²) in [5.41, 5.74) is 10.3. The topological polar surface area (TPSA) is 60.5 Å². The Balaban J connectivity index is 1.97. The van der Waals surface area contributed by atoms with Crippen molar-refractivity contribution < 1.29 is 4.74 Å². The summed E-state index contributed by atoms with van der Waals surface area (Å²) in [6.07, 6.45) is 5.38. The molecular weight excluding hydrogens is 334 g/mol. The number of aliphatic imine (C=N–C) groups is 1. The highest BCUT2D eigenvalue weighted by molar-refractivity contribution is 6.34. The maximum Gasteiger partial charge on any atom is 0.212 e. The largest absolute Gasteiger partial charge is 0.481 e. The molecule has 1 aromatic carbocycles. The number of hydrogen-bond donors (Lipinski definition) is 1. The zero-order valence-corrected chi connectivity index (χ0v) is 15.7. The standard InChI is InChI=1S/C20H24ClN3O/c1-13(5-7-16-8-10-19(25-4)24-11-16)15(3)23-12-17-18(22)9-6-14(2)20(17)21/h6,8-13H,3,5,7,22H2,1-2,4H3. The van der Waals surface area contributed by atoms with Gasteiger partial charge in [-0.05, 0) is 42.9 Å². The predicted molar refractivity (Wildman–Crippen MR) is 106 cm³/mol. The summed E-state index contributed by atoms with van der Waals surface area (Å²) in [5.74, 6) is 0.863. The molecule has 1 atom stereocenters. The van der Waals surface area contributed by atoms with Gasteiger partial charge in [-0.15, -0.1) is 0 Å². The average Bonchev–Trinajstić information content (AvgIpc) is 2.63. The smallest absolute Gasteiger partial charge is 0.212 e. The molecule has 4 nitrogen and oxygen atoms in total. The second kappa shape index (κ2) is 8.67. The summed E-state index contributed by atoms with van der Waals surface area (Å²) < 4.78 is 5.07. The second-order valence-corrected chi connectivity index (χ2v) is 6.48. The number of ether oxygens (including phenoxy) is 1. The number of halogens is 1. The van der Waals surface area contributed by atoms with Gasteiger partial charge in [0.1, 0.15) is 0 Å². The van der Waals surface area contributed by atoms with Crippen LogP contribution in [0.4, 0.5) is 5.69 Å². The molecule has 2 aromatic rings. The Kier molecular flexibility index (Phi) is 6.59. The normalized spacial score (nSPS) is 12.3. The lowest BCUT2D eigenvalue weighted by Gasteiger charge is -2.12.